The van der Waals surface area contributed by atoms with Crippen LogP contribution in [-0.2, 0) is 9.53 Å². The molecule has 3 nitrogen and oxygen atoms in total. The normalized spacial score (nSPS) is 12.0. The first-order chi connectivity index (χ1) is 7.56. The second-order valence-electron chi connectivity index (χ2n) is 2.85. The minimum Gasteiger partial charge on any atom is -0.490 e. The summed E-state index contributed by atoms with van der Waals surface area (Å²) in [5.74, 6) is 0.0284. The molecule has 0 heterocycles. The van der Waals surface area contributed by atoms with Gasteiger partial charge in [-0.15, -0.1) is 0 Å². The number of rotatable bonds is 4. The van der Waals surface area contributed by atoms with Gasteiger partial charge in [-0.3, -0.25) is 4.79 Å². The minimum atomic E-state index is -0.535. The Hall–Kier alpha value is -0.450. The molecule has 0 saturated heterocycles. The number of benzene rings is 1. The molecule has 0 radical (unpaired) electrons. The fraction of sp³-hybridized carbons (Fsp3) is 0.300. The highest BCUT2D eigenvalue weighted by Crippen LogP contribution is 2.31. The van der Waals surface area contributed by atoms with E-state index in [1.165, 1.54) is 7.11 Å². The second-order valence-corrected chi connectivity index (χ2v) is 4.74. The van der Waals surface area contributed by atoms with Crippen LogP contribution in [0.5, 0.6) is 5.75 Å². The van der Waals surface area contributed by atoms with E-state index in [-0.39, 0.29) is 6.61 Å². The zero-order valence-corrected chi connectivity index (χ0v) is 11.5. The topological polar surface area (TPSA) is 35.5 Å². The molecule has 0 aliphatic heterocycles. The molecular weight excluding hydrogens is 319 g/mol. The maximum absolute atomic E-state index is 11.1. The van der Waals surface area contributed by atoms with Gasteiger partial charge in [-0.1, -0.05) is 45.2 Å². The number of esters is 1. The highest BCUT2D eigenvalue weighted by molar-refractivity contribution is 9.10. The van der Waals surface area contributed by atoms with Gasteiger partial charge < -0.3 is 9.47 Å². The summed E-state index contributed by atoms with van der Waals surface area (Å²) in [5, 5.41) is 0.733. The van der Waals surface area contributed by atoms with Crippen LogP contribution in [0.15, 0.2) is 18.2 Å². The van der Waals surface area contributed by atoms with Crippen LogP contribution in [-0.4, -0.2) is 24.5 Å². The number of hydrogen-bond donors (Lipinski definition) is 0. The molecular formula is C10H9BrCl2O3. The van der Waals surface area contributed by atoms with Crippen LogP contribution in [0.1, 0.15) is 0 Å². The summed E-state index contributed by atoms with van der Waals surface area (Å²) in [6, 6.07) is 5.04. The Morgan fingerprint density at radius 1 is 1.50 bits per heavy atom. The number of carbonyl (C=O) groups excluding carboxylic acids is 1. The molecule has 0 bridgehead atoms. The van der Waals surface area contributed by atoms with Gasteiger partial charge in [0.05, 0.1) is 12.1 Å². The van der Waals surface area contributed by atoms with Crippen LogP contribution in [0.25, 0.3) is 0 Å². The molecule has 16 heavy (non-hydrogen) atoms. The standard InChI is InChI=1S/C10H9BrCl2O3/c1-15-10(14)6(11)5-16-8-4-2-3-7(12)9(8)13/h2-4,6H,5H2,1H3. The van der Waals surface area contributed by atoms with Gasteiger partial charge in [0.2, 0.25) is 0 Å². The van der Waals surface area contributed by atoms with Gasteiger partial charge in [0.15, 0.2) is 0 Å². The van der Waals surface area contributed by atoms with E-state index in [0.29, 0.717) is 15.8 Å². The molecule has 6 heteroatoms. The Morgan fingerprint density at radius 2 is 2.19 bits per heavy atom. The number of carbonyl (C=O) groups is 1. The lowest BCUT2D eigenvalue weighted by Crippen LogP contribution is -2.23. The summed E-state index contributed by atoms with van der Waals surface area (Å²) < 4.78 is 9.87. The lowest BCUT2D eigenvalue weighted by molar-refractivity contribution is -0.140. The molecule has 0 aliphatic carbocycles. The van der Waals surface area contributed by atoms with Crippen molar-refractivity contribution in [1.82, 2.24) is 0 Å². The molecule has 1 unspecified atom stereocenters. The lowest BCUT2D eigenvalue weighted by Gasteiger charge is -2.11. The molecule has 1 atom stereocenters. The third-order valence-electron chi connectivity index (χ3n) is 1.76. The number of methoxy groups -OCH3 is 1. The fourth-order valence-corrected chi connectivity index (χ4v) is 1.62. The van der Waals surface area contributed by atoms with Crippen LogP contribution in [0, 0.1) is 0 Å². The van der Waals surface area contributed by atoms with Crippen molar-refractivity contribution in [1.29, 1.82) is 0 Å². The first-order valence-electron chi connectivity index (χ1n) is 4.35. The van der Waals surface area contributed by atoms with Gasteiger partial charge >= 0.3 is 5.97 Å². The third-order valence-corrected chi connectivity index (χ3v) is 3.20. The molecule has 0 amide bonds. The van der Waals surface area contributed by atoms with E-state index < -0.39 is 10.8 Å². The number of halogens is 3. The quantitative estimate of drug-likeness (QED) is 0.628. The van der Waals surface area contributed by atoms with Gasteiger partial charge in [-0.2, -0.15) is 0 Å². The van der Waals surface area contributed by atoms with Crippen molar-refractivity contribution in [3.05, 3.63) is 28.2 Å². The van der Waals surface area contributed by atoms with Crippen molar-refractivity contribution in [2.24, 2.45) is 0 Å². The van der Waals surface area contributed by atoms with Crippen LogP contribution in [0.2, 0.25) is 10.0 Å². The van der Waals surface area contributed by atoms with E-state index in [1.807, 2.05) is 0 Å². The van der Waals surface area contributed by atoms with Crippen LogP contribution in [0.3, 0.4) is 0 Å². The maximum atomic E-state index is 11.1. The Balaban J connectivity index is 2.61. The van der Waals surface area contributed by atoms with Gasteiger partial charge in [-0.05, 0) is 12.1 Å². The molecule has 0 aromatic heterocycles. The summed E-state index contributed by atoms with van der Waals surface area (Å²) in [4.78, 5) is 10.5. The summed E-state index contributed by atoms with van der Waals surface area (Å²) in [7, 11) is 1.31. The monoisotopic (exact) mass is 326 g/mol. The van der Waals surface area contributed by atoms with Gasteiger partial charge in [0.25, 0.3) is 0 Å². The third kappa shape index (κ3) is 3.54. The van der Waals surface area contributed by atoms with Crippen molar-refractivity contribution in [2.75, 3.05) is 13.7 Å². The molecule has 0 fully saturated rings. The minimum absolute atomic E-state index is 0.118. The molecule has 0 spiro atoms. The summed E-state index contributed by atoms with van der Waals surface area (Å²) in [6.07, 6.45) is 0. The van der Waals surface area contributed by atoms with Crippen LogP contribution < -0.4 is 4.74 Å². The van der Waals surface area contributed by atoms with E-state index in [2.05, 4.69) is 20.7 Å². The Kier molecular flexibility index (Phi) is 5.38. The van der Waals surface area contributed by atoms with Gasteiger partial charge in [-0.25, -0.2) is 0 Å². The molecule has 0 aliphatic rings. The Labute approximate surface area is 112 Å². The van der Waals surface area contributed by atoms with Crippen molar-refractivity contribution in [3.8, 4) is 5.75 Å². The number of alkyl halides is 1. The Bertz CT molecular complexity index is 384. The van der Waals surface area contributed by atoms with Crippen LogP contribution in [0.4, 0.5) is 0 Å². The van der Waals surface area contributed by atoms with E-state index in [1.54, 1.807) is 18.2 Å². The van der Waals surface area contributed by atoms with Crippen molar-refractivity contribution >= 4 is 45.1 Å². The van der Waals surface area contributed by atoms with Crippen molar-refractivity contribution in [2.45, 2.75) is 4.83 Å². The summed E-state index contributed by atoms with van der Waals surface area (Å²) >= 11 is 14.8. The van der Waals surface area contributed by atoms with Gasteiger partial charge in [0, 0.05) is 0 Å². The maximum Gasteiger partial charge on any atom is 0.322 e. The zero-order chi connectivity index (χ0) is 12.1. The zero-order valence-electron chi connectivity index (χ0n) is 8.38. The Morgan fingerprint density at radius 3 is 2.81 bits per heavy atom. The second kappa shape index (κ2) is 6.33. The highest BCUT2D eigenvalue weighted by Gasteiger charge is 2.16. The SMILES string of the molecule is COC(=O)C(Br)COc1cccc(Cl)c1Cl. The molecule has 88 valence electrons. The number of ether oxygens (including phenoxy) is 2. The smallest absolute Gasteiger partial charge is 0.322 e. The average Bonchev–Trinajstić information content (AvgIpc) is 2.29. The largest absolute Gasteiger partial charge is 0.490 e. The summed E-state index contributed by atoms with van der Waals surface area (Å²) in [5.41, 5.74) is 0. The fourth-order valence-electron chi connectivity index (χ4n) is 0.954. The average molecular weight is 328 g/mol. The van der Waals surface area contributed by atoms with Gasteiger partial charge in [0.1, 0.15) is 22.2 Å². The predicted molar refractivity (Wildman–Crippen MR) is 66.7 cm³/mol. The molecule has 0 N–H and O–H groups in total. The van der Waals surface area contributed by atoms with Crippen LogP contribution >= 0.6 is 39.1 Å². The molecule has 1 aromatic rings. The molecule has 0 saturated carbocycles. The number of hydrogen-bond acceptors (Lipinski definition) is 3. The molecule has 1 rings (SSSR count). The first-order valence-corrected chi connectivity index (χ1v) is 6.02. The first kappa shape index (κ1) is 13.6. The highest BCUT2D eigenvalue weighted by atomic mass is 79.9. The van der Waals surface area contributed by atoms with Crippen molar-refractivity contribution in [3.63, 3.8) is 0 Å². The van der Waals surface area contributed by atoms with Crippen molar-refractivity contribution < 1.29 is 14.3 Å². The summed E-state index contributed by atoms with van der Waals surface area (Å²) in [6.45, 7) is 0.118. The van der Waals surface area contributed by atoms with E-state index in [4.69, 9.17) is 27.9 Å². The van der Waals surface area contributed by atoms with E-state index >= 15 is 0 Å². The lowest BCUT2D eigenvalue weighted by atomic mass is 10.3. The molecule has 1 aromatic carbocycles. The van der Waals surface area contributed by atoms with E-state index in [0.717, 1.165) is 0 Å². The predicted octanol–water partition coefficient (Wildman–Crippen LogP) is 3.31. The van der Waals surface area contributed by atoms with E-state index in [9.17, 15) is 4.79 Å².